The zero-order valence-electron chi connectivity index (χ0n) is 12.8. The summed E-state index contributed by atoms with van der Waals surface area (Å²) >= 11 is 12.2. The summed E-state index contributed by atoms with van der Waals surface area (Å²) < 4.78 is 0. The molecule has 1 fully saturated rings. The molecular formula is C15H19Cl2N3O2. The van der Waals surface area contributed by atoms with Crippen LogP contribution in [0.1, 0.15) is 19.4 Å². The summed E-state index contributed by atoms with van der Waals surface area (Å²) in [6.45, 7) is 4.87. The Morgan fingerprint density at radius 1 is 1.27 bits per heavy atom. The lowest BCUT2D eigenvalue weighted by molar-refractivity contribution is -0.130. The van der Waals surface area contributed by atoms with Crippen molar-refractivity contribution in [2.24, 2.45) is 0 Å². The molecule has 0 aliphatic carbocycles. The second-order valence-electron chi connectivity index (χ2n) is 5.96. The molecule has 3 amide bonds. The molecule has 7 heteroatoms. The normalized spacial score (nSPS) is 17.3. The lowest BCUT2D eigenvalue weighted by atomic mass is 10.1. The minimum Gasteiger partial charge on any atom is -0.324 e. The highest BCUT2D eigenvalue weighted by atomic mass is 35.5. The van der Waals surface area contributed by atoms with Gasteiger partial charge in [0.25, 0.3) is 5.91 Å². The predicted octanol–water partition coefficient (Wildman–Crippen LogP) is 2.76. The van der Waals surface area contributed by atoms with E-state index in [0.29, 0.717) is 29.7 Å². The number of hydrogen-bond donors (Lipinski definition) is 1. The van der Waals surface area contributed by atoms with E-state index < -0.39 is 5.54 Å². The first-order chi connectivity index (χ1) is 10.2. The second-order valence-corrected chi connectivity index (χ2v) is 6.75. The Kier molecular flexibility index (Phi) is 5.00. The van der Waals surface area contributed by atoms with Crippen LogP contribution in [0.4, 0.5) is 4.79 Å². The van der Waals surface area contributed by atoms with E-state index >= 15 is 0 Å². The van der Waals surface area contributed by atoms with Crippen molar-refractivity contribution in [3.05, 3.63) is 33.8 Å². The summed E-state index contributed by atoms with van der Waals surface area (Å²) in [6, 6.07) is 5.14. The lowest BCUT2D eigenvalue weighted by Crippen LogP contribution is -2.41. The predicted molar refractivity (Wildman–Crippen MR) is 87.1 cm³/mol. The molecule has 0 unspecified atom stereocenters. The smallest absolute Gasteiger partial charge is 0.324 e. The number of rotatable bonds is 5. The fourth-order valence-corrected chi connectivity index (χ4v) is 2.71. The molecule has 22 heavy (non-hydrogen) atoms. The van der Waals surface area contributed by atoms with E-state index in [1.54, 1.807) is 19.9 Å². The quantitative estimate of drug-likeness (QED) is 0.836. The minimum absolute atomic E-state index is 0.202. The SMILES string of the molecule is CN(CCN1C(=O)NC(C)(C)C1=O)Cc1cccc(Cl)c1Cl. The van der Waals surface area contributed by atoms with Gasteiger partial charge in [-0.05, 0) is 32.5 Å². The number of urea groups is 1. The highest BCUT2D eigenvalue weighted by Gasteiger charge is 2.43. The summed E-state index contributed by atoms with van der Waals surface area (Å²) in [5.74, 6) is -0.202. The van der Waals surface area contributed by atoms with Crippen molar-refractivity contribution in [1.29, 1.82) is 0 Å². The van der Waals surface area contributed by atoms with Crippen molar-refractivity contribution in [1.82, 2.24) is 15.1 Å². The standard InChI is InChI=1S/C15H19Cl2N3O2/c1-15(2)13(21)20(14(22)18-15)8-7-19(3)9-10-5-4-6-11(16)12(10)17/h4-6H,7-9H2,1-3H3,(H,18,22). The monoisotopic (exact) mass is 343 g/mol. The van der Waals surface area contributed by atoms with Gasteiger partial charge in [0, 0.05) is 19.6 Å². The van der Waals surface area contributed by atoms with Crippen molar-refractivity contribution < 1.29 is 9.59 Å². The van der Waals surface area contributed by atoms with E-state index in [-0.39, 0.29) is 11.9 Å². The number of amides is 3. The van der Waals surface area contributed by atoms with Crippen LogP contribution in [0, 0.1) is 0 Å². The molecule has 1 heterocycles. The zero-order valence-corrected chi connectivity index (χ0v) is 14.3. The van der Waals surface area contributed by atoms with Gasteiger partial charge in [-0.3, -0.25) is 9.69 Å². The molecule has 0 bridgehead atoms. The first-order valence-corrected chi connectivity index (χ1v) is 7.73. The van der Waals surface area contributed by atoms with E-state index in [1.165, 1.54) is 4.90 Å². The highest BCUT2D eigenvalue weighted by molar-refractivity contribution is 6.42. The summed E-state index contributed by atoms with van der Waals surface area (Å²) in [6.07, 6.45) is 0. The fourth-order valence-electron chi connectivity index (χ4n) is 2.33. The van der Waals surface area contributed by atoms with Crippen LogP contribution in [0.15, 0.2) is 18.2 Å². The van der Waals surface area contributed by atoms with Gasteiger partial charge in [0.1, 0.15) is 5.54 Å². The second kappa shape index (κ2) is 6.44. The summed E-state index contributed by atoms with van der Waals surface area (Å²) in [4.78, 5) is 27.1. The maximum absolute atomic E-state index is 12.1. The van der Waals surface area contributed by atoms with E-state index in [1.807, 2.05) is 24.1 Å². The molecule has 2 rings (SSSR count). The van der Waals surface area contributed by atoms with Gasteiger partial charge >= 0.3 is 6.03 Å². The topological polar surface area (TPSA) is 52.6 Å². The van der Waals surface area contributed by atoms with Crippen molar-refractivity contribution in [2.75, 3.05) is 20.1 Å². The Balaban J connectivity index is 1.93. The Hall–Kier alpha value is -1.30. The summed E-state index contributed by atoms with van der Waals surface area (Å²) in [7, 11) is 1.90. The van der Waals surface area contributed by atoms with Gasteiger partial charge in [-0.2, -0.15) is 0 Å². The number of nitrogens with one attached hydrogen (secondary N) is 1. The number of carbonyl (C=O) groups is 2. The fraction of sp³-hybridized carbons (Fsp3) is 0.467. The third kappa shape index (κ3) is 3.54. The first-order valence-electron chi connectivity index (χ1n) is 6.98. The minimum atomic E-state index is -0.827. The van der Waals surface area contributed by atoms with Crippen molar-refractivity contribution >= 4 is 35.1 Å². The van der Waals surface area contributed by atoms with Gasteiger partial charge in [-0.25, -0.2) is 4.79 Å². The van der Waals surface area contributed by atoms with Gasteiger partial charge in [0.05, 0.1) is 10.0 Å². The van der Waals surface area contributed by atoms with Gasteiger partial charge in [0.15, 0.2) is 0 Å². The number of carbonyl (C=O) groups excluding carboxylic acids is 2. The van der Waals surface area contributed by atoms with Crippen LogP contribution in [0.25, 0.3) is 0 Å². The van der Waals surface area contributed by atoms with Crippen molar-refractivity contribution in [3.8, 4) is 0 Å². The van der Waals surface area contributed by atoms with Crippen LogP contribution < -0.4 is 5.32 Å². The Morgan fingerprint density at radius 2 is 1.95 bits per heavy atom. The molecule has 1 aliphatic rings. The van der Waals surface area contributed by atoms with E-state index in [9.17, 15) is 9.59 Å². The molecule has 0 saturated carbocycles. The molecule has 5 nitrogen and oxygen atoms in total. The van der Waals surface area contributed by atoms with Gasteiger partial charge in [0.2, 0.25) is 0 Å². The van der Waals surface area contributed by atoms with Gasteiger partial charge in [-0.1, -0.05) is 35.3 Å². The number of hydrogen-bond acceptors (Lipinski definition) is 3. The van der Waals surface area contributed by atoms with E-state index in [4.69, 9.17) is 23.2 Å². The third-order valence-corrected chi connectivity index (χ3v) is 4.48. The average Bonchev–Trinajstić information content (AvgIpc) is 2.62. The molecule has 1 N–H and O–H groups in total. The average molecular weight is 344 g/mol. The summed E-state index contributed by atoms with van der Waals surface area (Å²) in [5.41, 5.74) is 0.0838. The van der Waals surface area contributed by atoms with Crippen LogP contribution in [0.2, 0.25) is 10.0 Å². The lowest BCUT2D eigenvalue weighted by Gasteiger charge is -2.21. The molecule has 0 aromatic heterocycles. The highest BCUT2D eigenvalue weighted by Crippen LogP contribution is 2.26. The van der Waals surface area contributed by atoms with Crippen LogP contribution >= 0.6 is 23.2 Å². The van der Waals surface area contributed by atoms with Crippen molar-refractivity contribution in [2.45, 2.75) is 25.9 Å². The maximum atomic E-state index is 12.1. The molecule has 0 spiro atoms. The molecule has 120 valence electrons. The Labute approximate surface area is 140 Å². The van der Waals surface area contributed by atoms with Crippen LogP contribution in [-0.2, 0) is 11.3 Å². The van der Waals surface area contributed by atoms with E-state index in [2.05, 4.69) is 5.32 Å². The molecule has 1 aliphatic heterocycles. The molecule has 1 saturated heterocycles. The Morgan fingerprint density at radius 3 is 2.55 bits per heavy atom. The Bertz CT molecular complexity index is 604. The molecule has 1 aromatic carbocycles. The third-order valence-electron chi connectivity index (χ3n) is 3.62. The number of halogens is 2. The maximum Gasteiger partial charge on any atom is 0.325 e. The zero-order chi connectivity index (χ0) is 16.5. The molecule has 0 atom stereocenters. The first kappa shape index (κ1) is 17.1. The summed E-state index contributed by atoms with van der Waals surface area (Å²) in [5, 5.41) is 3.71. The molecule has 0 radical (unpaired) electrons. The van der Waals surface area contributed by atoms with Crippen LogP contribution in [-0.4, -0.2) is 47.4 Å². The van der Waals surface area contributed by atoms with Gasteiger partial charge < -0.3 is 10.2 Å². The number of nitrogens with zero attached hydrogens (tertiary/aromatic N) is 2. The largest absolute Gasteiger partial charge is 0.325 e. The molecule has 1 aromatic rings. The van der Waals surface area contributed by atoms with Crippen LogP contribution in [0.3, 0.4) is 0 Å². The van der Waals surface area contributed by atoms with E-state index in [0.717, 1.165) is 5.56 Å². The molecular weight excluding hydrogens is 325 g/mol. The van der Waals surface area contributed by atoms with Crippen LogP contribution in [0.5, 0.6) is 0 Å². The van der Waals surface area contributed by atoms with Gasteiger partial charge in [-0.15, -0.1) is 0 Å². The number of imide groups is 1. The number of benzene rings is 1. The number of likely N-dealkylation sites (N-methyl/N-ethyl adjacent to an activating group) is 1. The van der Waals surface area contributed by atoms with Crippen molar-refractivity contribution in [3.63, 3.8) is 0 Å².